The summed E-state index contributed by atoms with van der Waals surface area (Å²) in [5, 5.41) is 0. The molecular formula is C12H11FN2O2. The van der Waals surface area contributed by atoms with Crippen LogP contribution in [-0.2, 0) is 7.05 Å². The zero-order chi connectivity index (χ0) is 12.4. The number of nitrogens with zero attached hydrogens (tertiary/aromatic N) is 2. The van der Waals surface area contributed by atoms with Gasteiger partial charge < -0.3 is 9.30 Å². The molecule has 88 valence electrons. The van der Waals surface area contributed by atoms with E-state index in [-0.39, 0.29) is 11.5 Å². The first-order valence-electron chi connectivity index (χ1n) is 4.99. The van der Waals surface area contributed by atoms with Crippen molar-refractivity contribution in [1.29, 1.82) is 0 Å². The Hall–Kier alpha value is -2.17. The van der Waals surface area contributed by atoms with E-state index in [1.807, 2.05) is 0 Å². The lowest BCUT2D eigenvalue weighted by atomic mass is 10.1. The van der Waals surface area contributed by atoms with E-state index in [4.69, 9.17) is 4.74 Å². The molecule has 0 N–H and O–H groups in total. The van der Waals surface area contributed by atoms with Gasteiger partial charge in [-0.15, -0.1) is 0 Å². The van der Waals surface area contributed by atoms with Gasteiger partial charge in [-0.05, 0) is 18.2 Å². The molecule has 0 aliphatic carbocycles. The van der Waals surface area contributed by atoms with Gasteiger partial charge in [0.05, 0.1) is 7.11 Å². The lowest BCUT2D eigenvalue weighted by Crippen LogP contribution is -2.09. The van der Waals surface area contributed by atoms with Crippen molar-refractivity contribution in [3.8, 4) is 5.75 Å². The van der Waals surface area contributed by atoms with Crippen molar-refractivity contribution in [2.75, 3.05) is 7.11 Å². The zero-order valence-corrected chi connectivity index (χ0v) is 9.48. The SMILES string of the molecule is COc1cc(C(=O)c2nccn2C)ccc1F. The van der Waals surface area contributed by atoms with E-state index in [0.29, 0.717) is 11.4 Å². The second-order valence-electron chi connectivity index (χ2n) is 3.54. The minimum absolute atomic E-state index is 0.0464. The first-order chi connectivity index (χ1) is 8.13. The minimum Gasteiger partial charge on any atom is -0.494 e. The number of ketones is 1. The van der Waals surface area contributed by atoms with Crippen molar-refractivity contribution in [3.05, 3.63) is 47.8 Å². The van der Waals surface area contributed by atoms with Crippen LogP contribution in [0.2, 0.25) is 0 Å². The van der Waals surface area contributed by atoms with Crippen LogP contribution in [0.3, 0.4) is 0 Å². The molecule has 2 aromatic rings. The lowest BCUT2D eigenvalue weighted by Gasteiger charge is -2.05. The van der Waals surface area contributed by atoms with Crippen molar-refractivity contribution < 1.29 is 13.9 Å². The van der Waals surface area contributed by atoms with Crippen LogP contribution in [0.15, 0.2) is 30.6 Å². The first-order valence-corrected chi connectivity index (χ1v) is 4.99. The van der Waals surface area contributed by atoms with Gasteiger partial charge >= 0.3 is 0 Å². The van der Waals surface area contributed by atoms with Gasteiger partial charge in [-0.1, -0.05) is 0 Å². The number of rotatable bonds is 3. The summed E-state index contributed by atoms with van der Waals surface area (Å²) in [7, 11) is 3.08. The highest BCUT2D eigenvalue weighted by Crippen LogP contribution is 2.19. The third kappa shape index (κ3) is 2.04. The molecule has 0 bridgehead atoms. The van der Waals surface area contributed by atoms with Gasteiger partial charge in [-0.3, -0.25) is 4.79 Å². The van der Waals surface area contributed by atoms with Crippen LogP contribution in [0, 0.1) is 5.82 Å². The van der Waals surface area contributed by atoms with Gasteiger partial charge in [0.2, 0.25) is 5.78 Å². The third-order valence-electron chi connectivity index (χ3n) is 2.44. The molecule has 0 spiro atoms. The van der Waals surface area contributed by atoms with E-state index in [9.17, 15) is 9.18 Å². The minimum atomic E-state index is -0.496. The highest BCUT2D eigenvalue weighted by molar-refractivity contribution is 6.06. The lowest BCUT2D eigenvalue weighted by molar-refractivity contribution is 0.102. The van der Waals surface area contributed by atoms with Gasteiger partial charge in [0, 0.05) is 25.0 Å². The Kier molecular flexibility index (Phi) is 2.91. The normalized spacial score (nSPS) is 10.3. The van der Waals surface area contributed by atoms with Crippen molar-refractivity contribution in [1.82, 2.24) is 9.55 Å². The largest absolute Gasteiger partial charge is 0.494 e. The van der Waals surface area contributed by atoms with Gasteiger partial charge in [0.1, 0.15) is 0 Å². The van der Waals surface area contributed by atoms with Crippen LogP contribution < -0.4 is 4.74 Å². The number of carbonyl (C=O) groups excluding carboxylic acids is 1. The van der Waals surface area contributed by atoms with Gasteiger partial charge in [0.25, 0.3) is 0 Å². The van der Waals surface area contributed by atoms with E-state index in [0.717, 1.165) is 0 Å². The standard InChI is InChI=1S/C12H11FN2O2/c1-15-6-5-14-12(15)11(16)8-3-4-9(13)10(7-8)17-2/h3-7H,1-2H3. The molecule has 1 aromatic heterocycles. The number of hydrogen-bond donors (Lipinski definition) is 0. The Balaban J connectivity index is 2.41. The fourth-order valence-corrected chi connectivity index (χ4v) is 1.51. The quantitative estimate of drug-likeness (QED) is 0.760. The fraction of sp³-hybridized carbons (Fsp3) is 0.167. The molecule has 0 aliphatic heterocycles. The molecule has 0 saturated carbocycles. The molecule has 2 rings (SSSR count). The summed E-state index contributed by atoms with van der Waals surface area (Å²) < 4.78 is 19.6. The maximum atomic E-state index is 13.2. The summed E-state index contributed by atoms with van der Waals surface area (Å²) in [5.41, 5.74) is 0.345. The molecule has 0 saturated heterocycles. The molecule has 0 amide bonds. The van der Waals surface area contributed by atoms with Crippen molar-refractivity contribution >= 4 is 5.78 Å². The van der Waals surface area contributed by atoms with Crippen LogP contribution in [-0.4, -0.2) is 22.4 Å². The number of aromatic nitrogens is 2. The molecule has 1 aromatic carbocycles. The maximum Gasteiger partial charge on any atom is 0.228 e. The van der Waals surface area contributed by atoms with E-state index in [1.54, 1.807) is 17.8 Å². The second-order valence-corrected chi connectivity index (χ2v) is 3.54. The number of halogens is 1. The molecule has 0 unspecified atom stereocenters. The predicted octanol–water partition coefficient (Wildman–Crippen LogP) is 1.80. The number of benzene rings is 1. The van der Waals surface area contributed by atoms with Crippen LogP contribution >= 0.6 is 0 Å². The number of hydrogen-bond acceptors (Lipinski definition) is 3. The Morgan fingerprint density at radius 3 is 2.82 bits per heavy atom. The molecule has 0 atom stereocenters. The topological polar surface area (TPSA) is 44.1 Å². The molecule has 0 aliphatic rings. The van der Waals surface area contributed by atoms with Crippen LogP contribution in [0.1, 0.15) is 16.2 Å². The summed E-state index contributed by atoms with van der Waals surface area (Å²) in [6, 6.07) is 3.98. The highest BCUT2D eigenvalue weighted by Gasteiger charge is 2.15. The van der Waals surface area contributed by atoms with Crippen LogP contribution in [0.4, 0.5) is 4.39 Å². The van der Waals surface area contributed by atoms with Gasteiger partial charge in [-0.25, -0.2) is 9.37 Å². The predicted molar refractivity (Wildman–Crippen MR) is 59.6 cm³/mol. The number of ether oxygens (including phenoxy) is 1. The first kappa shape index (κ1) is 11.3. The summed E-state index contributed by atoms with van der Waals surface area (Å²) >= 11 is 0. The molecule has 17 heavy (non-hydrogen) atoms. The molecular weight excluding hydrogens is 223 g/mol. The van der Waals surface area contributed by atoms with Crippen molar-refractivity contribution in [2.45, 2.75) is 0 Å². The molecule has 1 heterocycles. The van der Waals surface area contributed by atoms with E-state index in [1.165, 1.54) is 31.5 Å². The average molecular weight is 234 g/mol. The smallest absolute Gasteiger partial charge is 0.228 e. The number of methoxy groups -OCH3 is 1. The van der Waals surface area contributed by atoms with E-state index < -0.39 is 5.82 Å². The highest BCUT2D eigenvalue weighted by atomic mass is 19.1. The summed E-state index contributed by atoms with van der Waals surface area (Å²) in [6.45, 7) is 0. The number of carbonyl (C=O) groups is 1. The second kappa shape index (κ2) is 4.37. The Morgan fingerprint density at radius 1 is 1.47 bits per heavy atom. The fourth-order valence-electron chi connectivity index (χ4n) is 1.51. The van der Waals surface area contributed by atoms with E-state index in [2.05, 4.69) is 4.98 Å². The number of aryl methyl sites for hydroxylation is 1. The Bertz CT molecular complexity index is 563. The summed E-state index contributed by atoms with van der Waals surface area (Å²) in [4.78, 5) is 16.0. The van der Waals surface area contributed by atoms with Gasteiger partial charge in [-0.2, -0.15) is 0 Å². The monoisotopic (exact) mass is 234 g/mol. The van der Waals surface area contributed by atoms with Crippen LogP contribution in [0.25, 0.3) is 0 Å². The van der Waals surface area contributed by atoms with Crippen molar-refractivity contribution in [3.63, 3.8) is 0 Å². The number of imidazole rings is 1. The summed E-state index contributed by atoms with van der Waals surface area (Å²) in [6.07, 6.45) is 3.21. The molecule has 0 fully saturated rings. The maximum absolute atomic E-state index is 13.2. The molecule has 0 radical (unpaired) electrons. The Labute approximate surface area is 97.7 Å². The van der Waals surface area contributed by atoms with Crippen LogP contribution in [0.5, 0.6) is 5.75 Å². The Morgan fingerprint density at radius 2 is 2.24 bits per heavy atom. The molecule has 5 heteroatoms. The van der Waals surface area contributed by atoms with Gasteiger partial charge in [0.15, 0.2) is 17.4 Å². The summed E-state index contributed by atoms with van der Waals surface area (Å²) in [5.74, 6) is -0.414. The van der Waals surface area contributed by atoms with Crippen molar-refractivity contribution in [2.24, 2.45) is 7.05 Å². The van der Waals surface area contributed by atoms with E-state index >= 15 is 0 Å². The average Bonchev–Trinajstić information content (AvgIpc) is 2.75. The third-order valence-corrected chi connectivity index (χ3v) is 2.44. The molecule has 4 nitrogen and oxygen atoms in total. The zero-order valence-electron chi connectivity index (χ0n) is 9.48.